The fourth-order valence-corrected chi connectivity index (χ4v) is 3.04. The third-order valence-corrected chi connectivity index (χ3v) is 5.29. The Labute approximate surface area is 175 Å². The highest BCUT2D eigenvalue weighted by atomic mass is 35.5. The van der Waals surface area contributed by atoms with Crippen LogP contribution in [0.1, 0.15) is 41.3 Å². The van der Waals surface area contributed by atoms with E-state index in [0.717, 1.165) is 24.0 Å². The lowest BCUT2D eigenvalue weighted by molar-refractivity contribution is -0.126. The monoisotopic (exact) mass is 416 g/mol. The van der Waals surface area contributed by atoms with Crippen molar-refractivity contribution in [2.45, 2.75) is 32.4 Å². The first-order chi connectivity index (χ1) is 13.5. The minimum absolute atomic E-state index is 0.0483. The zero-order valence-corrected chi connectivity index (χ0v) is 17.1. The van der Waals surface area contributed by atoms with E-state index in [1.54, 1.807) is 41.3 Å². The van der Waals surface area contributed by atoms with Gasteiger partial charge in [0.1, 0.15) is 0 Å². The molecule has 6 heteroatoms. The summed E-state index contributed by atoms with van der Waals surface area (Å²) in [5.74, 6) is -0.142. The third kappa shape index (κ3) is 5.60. The van der Waals surface area contributed by atoms with Crippen molar-refractivity contribution in [2.75, 3.05) is 6.54 Å². The SMILES string of the molecule is CCN(Cc1ccc(Cl)c(Cl)c1)C(=O)/C=C/c1ccc(C(=O)NC2CC2)cc1. The first-order valence-electron chi connectivity index (χ1n) is 9.28. The van der Waals surface area contributed by atoms with Crippen LogP contribution in [0.4, 0.5) is 0 Å². The molecule has 0 unspecified atom stereocenters. The van der Waals surface area contributed by atoms with Crippen LogP contribution < -0.4 is 5.32 Å². The maximum absolute atomic E-state index is 12.5. The van der Waals surface area contributed by atoms with E-state index in [4.69, 9.17) is 23.2 Å². The molecule has 0 radical (unpaired) electrons. The van der Waals surface area contributed by atoms with Crippen LogP contribution in [0.5, 0.6) is 0 Å². The molecule has 1 aliphatic carbocycles. The maximum Gasteiger partial charge on any atom is 0.251 e. The molecule has 1 fully saturated rings. The van der Waals surface area contributed by atoms with Gasteiger partial charge in [-0.05, 0) is 61.2 Å². The van der Waals surface area contributed by atoms with Gasteiger partial charge in [0, 0.05) is 30.8 Å². The lowest BCUT2D eigenvalue weighted by Crippen LogP contribution is -2.28. The summed E-state index contributed by atoms with van der Waals surface area (Å²) < 4.78 is 0. The van der Waals surface area contributed by atoms with Crippen LogP contribution in [0.15, 0.2) is 48.5 Å². The second kappa shape index (κ2) is 9.26. The zero-order valence-electron chi connectivity index (χ0n) is 15.6. The van der Waals surface area contributed by atoms with Crippen LogP contribution in [0.25, 0.3) is 6.08 Å². The summed E-state index contributed by atoms with van der Waals surface area (Å²) in [6, 6.07) is 12.9. The number of halogens is 2. The summed E-state index contributed by atoms with van der Waals surface area (Å²) >= 11 is 12.0. The summed E-state index contributed by atoms with van der Waals surface area (Å²) in [5.41, 5.74) is 2.41. The van der Waals surface area contributed by atoms with Gasteiger partial charge in [0.25, 0.3) is 5.91 Å². The molecule has 3 rings (SSSR count). The molecule has 1 aliphatic rings. The van der Waals surface area contributed by atoms with Crippen molar-refractivity contribution in [3.8, 4) is 0 Å². The molecule has 28 heavy (non-hydrogen) atoms. The molecule has 0 saturated heterocycles. The predicted octanol–water partition coefficient (Wildman–Crippen LogP) is 4.95. The number of likely N-dealkylation sites (N-methyl/N-ethyl adjacent to an activating group) is 1. The standard InChI is InChI=1S/C22H22Cl2N2O2/c1-2-26(14-16-5-11-19(23)20(24)13-16)21(27)12-6-15-3-7-17(8-4-15)22(28)25-18-9-10-18/h3-8,11-13,18H,2,9-10,14H2,1H3,(H,25,28)/b12-6+. The van der Waals surface area contributed by atoms with Gasteiger partial charge in [-0.15, -0.1) is 0 Å². The van der Waals surface area contributed by atoms with E-state index in [0.29, 0.717) is 34.7 Å². The van der Waals surface area contributed by atoms with Crippen molar-refractivity contribution in [2.24, 2.45) is 0 Å². The number of amides is 2. The average Bonchev–Trinajstić information content (AvgIpc) is 3.51. The topological polar surface area (TPSA) is 49.4 Å². The minimum atomic E-state index is -0.0934. The Morgan fingerprint density at radius 3 is 2.43 bits per heavy atom. The maximum atomic E-state index is 12.5. The Balaban J connectivity index is 1.60. The van der Waals surface area contributed by atoms with Crippen LogP contribution in [-0.2, 0) is 11.3 Å². The van der Waals surface area contributed by atoms with Gasteiger partial charge in [0.2, 0.25) is 5.91 Å². The largest absolute Gasteiger partial charge is 0.349 e. The van der Waals surface area contributed by atoms with Gasteiger partial charge < -0.3 is 10.2 Å². The van der Waals surface area contributed by atoms with Crippen molar-refractivity contribution >= 4 is 41.1 Å². The number of rotatable bonds is 7. The molecule has 2 aromatic rings. The fraction of sp³-hybridized carbons (Fsp3) is 0.273. The second-order valence-corrected chi connectivity index (χ2v) is 7.62. The molecule has 4 nitrogen and oxygen atoms in total. The van der Waals surface area contributed by atoms with Crippen molar-refractivity contribution in [3.05, 3.63) is 75.3 Å². The highest BCUT2D eigenvalue weighted by Gasteiger charge is 2.23. The van der Waals surface area contributed by atoms with E-state index in [1.165, 1.54) is 0 Å². The number of carbonyl (C=O) groups excluding carboxylic acids is 2. The molecule has 0 aromatic heterocycles. The van der Waals surface area contributed by atoms with Crippen LogP contribution in [0.3, 0.4) is 0 Å². The predicted molar refractivity (Wildman–Crippen MR) is 114 cm³/mol. The lowest BCUT2D eigenvalue weighted by Gasteiger charge is -2.19. The quantitative estimate of drug-likeness (QED) is 0.649. The highest BCUT2D eigenvalue weighted by molar-refractivity contribution is 6.42. The van der Waals surface area contributed by atoms with Gasteiger partial charge in [-0.25, -0.2) is 0 Å². The molecule has 0 aliphatic heterocycles. The summed E-state index contributed by atoms with van der Waals surface area (Å²) in [5, 5.41) is 3.93. The second-order valence-electron chi connectivity index (χ2n) is 6.80. The summed E-state index contributed by atoms with van der Waals surface area (Å²) in [6.07, 6.45) is 5.42. The molecule has 0 bridgehead atoms. The summed E-state index contributed by atoms with van der Waals surface area (Å²) in [4.78, 5) is 26.3. The van der Waals surface area contributed by atoms with Crippen LogP contribution >= 0.6 is 23.2 Å². The van der Waals surface area contributed by atoms with Gasteiger partial charge in [-0.1, -0.05) is 41.4 Å². The molecule has 1 saturated carbocycles. The Hall–Kier alpha value is -2.30. The molecule has 2 amide bonds. The number of carbonyl (C=O) groups is 2. The van der Waals surface area contributed by atoms with E-state index in [-0.39, 0.29) is 11.8 Å². The van der Waals surface area contributed by atoms with Crippen LogP contribution in [0, 0.1) is 0 Å². The number of hydrogen-bond acceptors (Lipinski definition) is 2. The van der Waals surface area contributed by atoms with Crippen molar-refractivity contribution in [3.63, 3.8) is 0 Å². The van der Waals surface area contributed by atoms with Gasteiger partial charge in [-0.3, -0.25) is 9.59 Å². The van der Waals surface area contributed by atoms with E-state index >= 15 is 0 Å². The smallest absolute Gasteiger partial charge is 0.251 e. The summed E-state index contributed by atoms with van der Waals surface area (Å²) in [6.45, 7) is 2.96. The van der Waals surface area contributed by atoms with Crippen LogP contribution in [-0.4, -0.2) is 29.3 Å². The Bertz CT molecular complexity index is 890. The number of hydrogen-bond donors (Lipinski definition) is 1. The molecule has 146 valence electrons. The zero-order chi connectivity index (χ0) is 20.1. The van der Waals surface area contributed by atoms with Crippen molar-refractivity contribution < 1.29 is 9.59 Å². The molecular weight excluding hydrogens is 395 g/mol. The van der Waals surface area contributed by atoms with Crippen molar-refractivity contribution in [1.82, 2.24) is 10.2 Å². The molecule has 0 spiro atoms. The average molecular weight is 417 g/mol. The molecule has 1 N–H and O–H groups in total. The highest BCUT2D eigenvalue weighted by Crippen LogP contribution is 2.23. The van der Waals surface area contributed by atoms with E-state index in [9.17, 15) is 9.59 Å². The molecular formula is C22H22Cl2N2O2. The molecule has 2 aromatic carbocycles. The Morgan fingerprint density at radius 1 is 1.11 bits per heavy atom. The molecule has 0 atom stereocenters. The van der Waals surface area contributed by atoms with E-state index in [1.807, 2.05) is 25.1 Å². The van der Waals surface area contributed by atoms with Gasteiger partial charge in [0.05, 0.1) is 10.0 Å². The molecule has 0 heterocycles. The summed E-state index contributed by atoms with van der Waals surface area (Å²) in [7, 11) is 0. The lowest BCUT2D eigenvalue weighted by atomic mass is 10.1. The van der Waals surface area contributed by atoms with Gasteiger partial charge in [0.15, 0.2) is 0 Å². The van der Waals surface area contributed by atoms with Gasteiger partial charge in [-0.2, -0.15) is 0 Å². The first-order valence-corrected chi connectivity index (χ1v) is 10.0. The van der Waals surface area contributed by atoms with Crippen LogP contribution in [0.2, 0.25) is 10.0 Å². The number of nitrogens with zero attached hydrogens (tertiary/aromatic N) is 1. The van der Waals surface area contributed by atoms with Gasteiger partial charge >= 0.3 is 0 Å². The minimum Gasteiger partial charge on any atom is -0.349 e. The number of nitrogens with one attached hydrogen (secondary N) is 1. The van der Waals surface area contributed by atoms with Crippen molar-refractivity contribution in [1.29, 1.82) is 0 Å². The Morgan fingerprint density at radius 2 is 1.82 bits per heavy atom. The van der Waals surface area contributed by atoms with E-state index in [2.05, 4.69) is 5.32 Å². The number of benzene rings is 2. The normalized spacial score (nSPS) is 13.5. The Kier molecular flexibility index (Phi) is 6.76. The fourth-order valence-electron chi connectivity index (χ4n) is 2.72. The third-order valence-electron chi connectivity index (χ3n) is 4.55. The first kappa shape index (κ1) is 20.4. The van der Waals surface area contributed by atoms with E-state index < -0.39 is 0 Å².